The average molecular weight is 159 g/mol. The van der Waals surface area contributed by atoms with Crippen LogP contribution in [0.4, 0.5) is 0 Å². The zero-order chi connectivity index (χ0) is 8.55. The molecule has 2 heteroatoms. The van der Waals surface area contributed by atoms with Crippen LogP contribution in [0, 0.1) is 18.3 Å². The third-order valence-electron chi connectivity index (χ3n) is 2.32. The van der Waals surface area contributed by atoms with Crippen molar-refractivity contribution in [2.45, 2.75) is 20.1 Å². The Morgan fingerprint density at radius 1 is 1.42 bits per heavy atom. The lowest BCUT2D eigenvalue weighted by Gasteiger charge is -2.02. The van der Waals surface area contributed by atoms with Crippen molar-refractivity contribution in [2.24, 2.45) is 0 Å². The van der Waals surface area contributed by atoms with Gasteiger partial charge < -0.3 is 4.74 Å². The van der Waals surface area contributed by atoms with E-state index in [9.17, 15) is 0 Å². The molecule has 0 saturated carbocycles. The topological polar surface area (TPSA) is 33.0 Å². The van der Waals surface area contributed by atoms with Gasteiger partial charge in [-0.25, -0.2) is 0 Å². The maximum atomic E-state index is 8.76. The molecule has 60 valence electrons. The fraction of sp³-hybridized carbons (Fsp3) is 0.300. The summed E-state index contributed by atoms with van der Waals surface area (Å²) in [5, 5.41) is 8.76. The van der Waals surface area contributed by atoms with Gasteiger partial charge in [0.25, 0.3) is 0 Å². The number of hydrogen-bond donors (Lipinski definition) is 0. The first-order valence-corrected chi connectivity index (χ1v) is 3.92. The first-order valence-electron chi connectivity index (χ1n) is 3.92. The minimum atomic E-state index is 0.663. The summed E-state index contributed by atoms with van der Waals surface area (Å²) >= 11 is 0. The van der Waals surface area contributed by atoms with Gasteiger partial charge in [-0.3, -0.25) is 0 Å². The van der Waals surface area contributed by atoms with Gasteiger partial charge >= 0.3 is 0 Å². The Morgan fingerprint density at radius 2 is 2.25 bits per heavy atom. The number of fused-ring (bicyclic) bond motifs is 1. The first kappa shape index (κ1) is 7.33. The Kier molecular flexibility index (Phi) is 1.60. The first-order chi connectivity index (χ1) is 5.83. The van der Waals surface area contributed by atoms with Crippen molar-refractivity contribution in [2.75, 3.05) is 0 Å². The van der Waals surface area contributed by atoms with Crippen molar-refractivity contribution in [3.63, 3.8) is 0 Å². The maximum Gasteiger partial charge on any atom is 0.0994 e. The van der Waals surface area contributed by atoms with E-state index in [1.54, 1.807) is 0 Å². The van der Waals surface area contributed by atoms with Crippen molar-refractivity contribution in [1.82, 2.24) is 0 Å². The van der Waals surface area contributed by atoms with Crippen molar-refractivity contribution in [3.05, 3.63) is 34.4 Å². The van der Waals surface area contributed by atoms with Gasteiger partial charge in [0.2, 0.25) is 0 Å². The van der Waals surface area contributed by atoms with Crippen LogP contribution in [-0.4, -0.2) is 0 Å². The van der Waals surface area contributed by atoms with Crippen LogP contribution in [0.15, 0.2) is 12.1 Å². The van der Waals surface area contributed by atoms with E-state index in [-0.39, 0.29) is 0 Å². The molecule has 12 heavy (non-hydrogen) atoms. The molecule has 1 aliphatic rings. The molecule has 0 spiro atoms. The normalized spacial score (nSPS) is 14.0. The second kappa shape index (κ2) is 2.62. The van der Waals surface area contributed by atoms with E-state index in [4.69, 9.17) is 10.00 Å². The molecule has 2 nitrogen and oxygen atoms in total. The molecule has 0 aliphatic carbocycles. The van der Waals surface area contributed by atoms with Crippen LogP contribution >= 0.6 is 0 Å². The van der Waals surface area contributed by atoms with Crippen LogP contribution in [0.1, 0.15) is 22.3 Å². The molecule has 0 aromatic heterocycles. The highest BCUT2D eigenvalue weighted by Gasteiger charge is 2.14. The number of nitriles is 1. The van der Waals surface area contributed by atoms with Gasteiger partial charge in [-0.1, -0.05) is 6.07 Å². The zero-order valence-corrected chi connectivity index (χ0v) is 6.92. The second-order valence-electron chi connectivity index (χ2n) is 2.98. The van der Waals surface area contributed by atoms with Crippen LogP contribution in [0.5, 0.6) is 0 Å². The molecule has 0 saturated heterocycles. The molecular weight excluding hydrogens is 150 g/mol. The zero-order valence-electron chi connectivity index (χ0n) is 6.92. The minimum absolute atomic E-state index is 0.663. The quantitative estimate of drug-likeness (QED) is 0.579. The second-order valence-corrected chi connectivity index (χ2v) is 2.98. The molecule has 0 amide bonds. The number of hydrogen-bond acceptors (Lipinski definition) is 2. The standard InChI is InChI=1S/C10H9NO/c1-7-8(4-11)2-3-9-5-12-6-10(7)9/h2-3H,5-6H2,1H3. The number of rotatable bonds is 0. The predicted octanol–water partition coefficient (Wildman–Crippen LogP) is 1.90. The third kappa shape index (κ3) is 0.910. The molecule has 0 unspecified atom stereocenters. The van der Waals surface area contributed by atoms with Gasteiger partial charge in [0, 0.05) is 0 Å². The van der Waals surface area contributed by atoms with E-state index in [1.165, 1.54) is 11.1 Å². The van der Waals surface area contributed by atoms with Crippen LogP contribution in [0.2, 0.25) is 0 Å². The molecule has 1 aromatic carbocycles. The highest BCUT2D eigenvalue weighted by atomic mass is 16.5. The maximum absolute atomic E-state index is 8.76. The SMILES string of the molecule is Cc1c(C#N)ccc2c1COC2. The van der Waals surface area contributed by atoms with Crippen LogP contribution in [0.25, 0.3) is 0 Å². The Hall–Kier alpha value is -1.33. The molecule has 1 heterocycles. The largest absolute Gasteiger partial charge is 0.372 e. The fourth-order valence-corrected chi connectivity index (χ4v) is 1.53. The Morgan fingerprint density at radius 3 is 3.00 bits per heavy atom. The van der Waals surface area contributed by atoms with E-state index < -0.39 is 0 Å². The van der Waals surface area contributed by atoms with Gasteiger partial charge in [-0.05, 0) is 29.7 Å². The molecule has 0 fully saturated rings. The van der Waals surface area contributed by atoms with Crippen LogP contribution in [0.3, 0.4) is 0 Å². The average Bonchev–Trinajstić information content (AvgIpc) is 2.53. The van der Waals surface area contributed by atoms with E-state index in [0.29, 0.717) is 13.2 Å². The summed E-state index contributed by atoms with van der Waals surface area (Å²) < 4.78 is 5.29. The van der Waals surface area contributed by atoms with Gasteiger partial charge in [-0.15, -0.1) is 0 Å². The summed E-state index contributed by atoms with van der Waals surface area (Å²) in [5.41, 5.74) is 4.27. The van der Waals surface area contributed by atoms with E-state index in [0.717, 1.165) is 11.1 Å². The Bertz CT molecular complexity index is 363. The van der Waals surface area contributed by atoms with Crippen LogP contribution in [-0.2, 0) is 18.0 Å². The van der Waals surface area contributed by atoms with Gasteiger partial charge in [0.15, 0.2) is 0 Å². The number of nitrogens with zero attached hydrogens (tertiary/aromatic N) is 1. The number of ether oxygens (including phenoxy) is 1. The predicted molar refractivity (Wildman–Crippen MR) is 44.4 cm³/mol. The Balaban J connectivity index is 2.63. The molecule has 0 radical (unpaired) electrons. The van der Waals surface area contributed by atoms with Crippen molar-refractivity contribution in [3.8, 4) is 6.07 Å². The van der Waals surface area contributed by atoms with Crippen LogP contribution < -0.4 is 0 Å². The molecule has 0 atom stereocenters. The fourth-order valence-electron chi connectivity index (χ4n) is 1.53. The summed E-state index contributed by atoms with van der Waals surface area (Å²) in [4.78, 5) is 0. The van der Waals surface area contributed by atoms with Gasteiger partial charge in [0.1, 0.15) is 0 Å². The lowest BCUT2D eigenvalue weighted by Crippen LogP contribution is -1.91. The summed E-state index contributed by atoms with van der Waals surface area (Å²) in [6.45, 7) is 3.34. The summed E-state index contributed by atoms with van der Waals surface area (Å²) in [6.07, 6.45) is 0. The van der Waals surface area contributed by atoms with E-state index >= 15 is 0 Å². The monoisotopic (exact) mass is 159 g/mol. The summed E-state index contributed by atoms with van der Waals surface area (Å²) in [5.74, 6) is 0. The molecule has 1 aromatic rings. The highest BCUT2D eigenvalue weighted by Crippen LogP contribution is 2.24. The van der Waals surface area contributed by atoms with E-state index in [1.807, 2.05) is 19.1 Å². The minimum Gasteiger partial charge on any atom is -0.372 e. The van der Waals surface area contributed by atoms with Gasteiger partial charge in [0.05, 0.1) is 24.8 Å². The molecular formula is C10H9NO. The smallest absolute Gasteiger partial charge is 0.0994 e. The molecule has 1 aliphatic heterocycles. The summed E-state index contributed by atoms with van der Waals surface area (Å²) in [6, 6.07) is 6.01. The van der Waals surface area contributed by atoms with Crippen molar-refractivity contribution in [1.29, 1.82) is 5.26 Å². The molecule has 0 bridgehead atoms. The van der Waals surface area contributed by atoms with Crippen molar-refractivity contribution >= 4 is 0 Å². The lowest BCUT2D eigenvalue weighted by molar-refractivity contribution is 0.134. The van der Waals surface area contributed by atoms with Gasteiger partial charge in [-0.2, -0.15) is 5.26 Å². The molecule has 0 N–H and O–H groups in total. The van der Waals surface area contributed by atoms with E-state index in [2.05, 4.69) is 6.07 Å². The Labute approximate surface area is 71.4 Å². The van der Waals surface area contributed by atoms with Crippen molar-refractivity contribution < 1.29 is 4.74 Å². The summed E-state index contributed by atoms with van der Waals surface area (Å²) in [7, 11) is 0. The highest BCUT2D eigenvalue weighted by molar-refractivity contribution is 5.46. The molecule has 2 rings (SSSR count). The lowest BCUT2D eigenvalue weighted by atomic mass is 10.00. The number of benzene rings is 1. The third-order valence-corrected chi connectivity index (χ3v) is 2.32.